The summed E-state index contributed by atoms with van der Waals surface area (Å²) in [5.41, 5.74) is 0.0828. The summed E-state index contributed by atoms with van der Waals surface area (Å²) in [5.74, 6) is -1.04. The van der Waals surface area contributed by atoms with Crippen LogP contribution in [0.25, 0.3) is 0 Å². The third-order valence-corrected chi connectivity index (χ3v) is 12.8. The van der Waals surface area contributed by atoms with Crippen LogP contribution in [0.2, 0.25) is 58.9 Å². The zero-order valence-corrected chi connectivity index (χ0v) is 20.1. The molecule has 0 bridgehead atoms. The third kappa shape index (κ3) is 11.0. The van der Waals surface area contributed by atoms with Crippen molar-refractivity contribution in [2.75, 3.05) is 0 Å². The number of carboxylic acid groups (broad SMARTS) is 1. The highest BCUT2D eigenvalue weighted by Crippen LogP contribution is 2.27. The lowest BCUT2D eigenvalue weighted by molar-refractivity contribution is -0.132. The van der Waals surface area contributed by atoms with Crippen molar-refractivity contribution in [2.45, 2.75) is 65.8 Å². The zero-order chi connectivity index (χ0) is 18.7. The Morgan fingerprint density at radius 1 is 0.783 bits per heavy atom. The molecule has 0 heterocycles. The van der Waals surface area contributed by atoms with E-state index in [1.165, 1.54) is 13.2 Å². The van der Waals surface area contributed by atoms with Gasteiger partial charge in [-0.2, -0.15) is 0 Å². The fourth-order valence-electron chi connectivity index (χ4n) is 1.47. The van der Waals surface area contributed by atoms with Crippen LogP contribution in [0.3, 0.4) is 0 Å². The second kappa shape index (κ2) is 7.76. The quantitative estimate of drug-likeness (QED) is 0.361. The molecule has 0 aromatic rings. The zero-order valence-electron chi connectivity index (χ0n) is 16.1. The van der Waals surface area contributed by atoms with Gasteiger partial charge in [0.2, 0.25) is 0 Å². The summed E-state index contributed by atoms with van der Waals surface area (Å²) < 4.78 is 24.6. The largest absolute Gasteiger partial charge is 0.717 e. The molecule has 0 radical (unpaired) electrons. The summed E-state index contributed by atoms with van der Waals surface area (Å²) in [7, 11) is -9.58. The van der Waals surface area contributed by atoms with Crippen LogP contribution < -0.4 is 0 Å². The molecule has 136 valence electrons. The highest BCUT2D eigenvalue weighted by Gasteiger charge is 2.55. The van der Waals surface area contributed by atoms with Crippen molar-refractivity contribution >= 4 is 40.0 Å². The van der Waals surface area contributed by atoms with Gasteiger partial charge in [-0.1, -0.05) is 0 Å². The summed E-state index contributed by atoms with van der Waals surface area (Å²) in [4.78, 5) is 11.0. The van der Waals surface area contributed by atoms with E-state index in [0.717, 1.165) is 0 Å². The molecule has 23 heavy (non-hydrogen) atoms. The van der Waals surface area contributed by atoms with Crippen molar-refractivity contribution in [1.29, 1.82) is 0 Å². The van der Waals surface area contributed by atoms with E-state index in [1.54, 1.807) is 0 Å². The topological polar surface area (TPSA) is 74.2 Å². The van der Waals surface area contributed by atoms with E-state index in [2.05, 4.69) is 0 Å². The number of hydrogen-bond donors (Lipinski definition) is 1. The van der Waals surface area contributed by atoms with Crippen LogP contribution in [0.1, 0.15) is 6.92 Å². The van der Waals surface area contributed by atoms with Crippen molar-refractivity contribution < 1.29 is 26.7 Å². The van der Waals surface area contributed by atoms with Gasteiger partial charge in [0, 0.05) is 0 Å². The molecule has 0 saturated heterocycles. The fraction of sp³-hybridized carbons (Fsp3) is 0.769. The summed E-state index contributed by atoms with van der Waals surface area (Å²) in [6.07, 6.45) is 1.20. The Balaban J connectivity index is 5.81. The maximum Gasteiger partial charge on any atom is 0.717 e. The maximum absolute atomic E-state index is 11.0. The van der Waals surface area contributed by atoms with Gasteiger partial charge < -0.3 is 21.9 Å². The number of carboxylic acids is 1. The summed E-state index contributed by atoms with van der Waals surface area (Å²) >= 11 is 0. The van der Waals surface area contributed by atoms with Gasteiger partial charge in [-0.05, 0) is 65.8 Å². The monoisotopic (exact) mass is 396 g/mol. The average Bonchev–Trinajstić information content (AvgIpc) is 2.17. The van der Waals surface area contributed by atoms with Gasteiger partial charge in [-0.3, -0.25) is 0 Å². The van der Waals surface area contributed by atoms with Crippen LogP contribution in [0.5, 0.6) is 0 Å². The molecule has 0 amide bonds. The number of rotatable bonds is 9. The van der Waals surface area contributed by atoms with E-state index in [1.807, 2.05) is 58.9 Å². The van der Waals surface area contributed by atoms with Crippen LogP contribution in [0, 0.1) is 0 Å². The van der Waals surface area contributed by atoms with Crippen molar-refractivity contribution in [1.82, 2.24) is 0 Å². The molecule has 6 nitrogen and oxygen atoms in total. The number of hydrogen-bond acceptors (Lipinski definition) is 5. The second-order valence-electron chi connectivity index (χ2n) is 8.37. The summed E-state index contributed by atoms with van der Waals surface area (Å²) in [5, 5.41) is 9.05. The minimum atomic E-state index is -3.46. The van der Waals surface area contributed by atoms with Gasteiger partial charge >= 0.3 is 15.0 Å². The molecule has 0 atom stereocenters. The van der Waals surface area contributed by atoms with Gasteiger partial charge in [0.05, 0.1) is 11.8 Å². The van der Waals surface area contributed by atoms with E-state index in [0.29, 0.717) is 0 Å². The Hall–Kier alpha value is -0.242. The van der Waals surface area contributed by atoms with E-state index >= 15 is 0 Å². The molecule has 0 aromatic carbocycles. The van der Waals surface area contributed by atoms with Crippen molar-refractivity contribution in [3.63, 3.8) is 0 Å². The summed E-state index contributed by atoms with van der Waals surface area (Å²) in [6, 6.07) is 0. The molecule has 0 aliphatic heterocycles. The van der Waals surface area contributed by atoms with Crippen LogP contribution in [-0.4, -0.2) is 45.1 Å². The lowest BCUT2D eigenvalue weighted by Gasteiger charge is -2.39. The molecule has 0 spiro atoms. The number of aliphatic carboxylic acids is 1. The third-order valence-electron chi connectivity index (χ3n) is 2.01. The molecule has 0 aliphatic rings. The van der Waals surface area contributed by atoms with Crippen molar-refractivity contribution in [3.05, 3.63) is 11.8 Å². The SMILES string of the molecule is C/C(=C\O[Si](O[Si](C)(C)C)(O[Si](C)(C)C)O[Si](C)(C)C)C(=O)O. The first kappa shape index (κ1) is 22.8. The first-order chi connectivity index (χ1) is 9.95. The standard InChI is InChI=1S/C13H32O6Si4/c1-12(13(14)15)11-16-23(17-20(2,3)4,18-21(5,6)7)19-22(8,9)10/h11H,1-10H3,(H,14,15)/b12-11+. The second-order valence-corrected chi connectivity index (χ2v) is 24.7. The Morgan fingerprint density at radius 2 is 1.09 bits per heavy atom. The van der Waals surface area contributed by atoms with E-state index in [-0.39, 0.29) is 5.57 Å². The van der Waals surface area contributed by atoms with E-state index in [9.17, 15) is 4.79 Å². The Bertz CT molecular complexity index is 404. The molecule has 10 heteroatoms. The minimum absolute atomic E-state index is 0.0828. The van der Waals surface area contributed by atoms with Gasteiger partial charge in [-0.15, -0.1) is 0 Å². The molecule has 1 N–H and O–H groups in total. The minimum Gasteiger partial charge on any atom is -0.488 e. The number of carbonyl (C=O) groups is 1. The normalized spacial score (nSPS) is 14.8. The average molecular weight is 397 g/mol. The Morgan fingerprint density at radius 3 is 1.30 bits per heavy atom. The van der Waals surface area contributed by atoms with Crippen LogP contribution in [0.4, 0.5) is 0 Å². The molecule has 0 rings (SSSR count). The first-order valence-electron chi connectivity index (χ1n) is 7.63. The van der Waals surface area contributed by atoms with E-state index in [4.69, 9.17) is 21.9 Å². The predicted octanol–water partition coefficient (Wildman–Crippen LogP) is 3.98. The molecule has 0 saturated carbocycles. The fourth-order valence-corrected chi connectivity index (χ4v) is 13.0. The highest BCUT2D eigenvalue weighted by atomic mass is 28.5. The van der Waals surface area contributed by atoms with Gasteiger partial charge in [0.15, 0.2) is 25.0 Å². The molecule has 0 unspecified atom stereocenters. The molecule has 0 fully saturated rings. The van der Waals surface area contributed by atoms with Crippen molar-refractivity contribution in [2.24, 2.45) is 0 Å². The maximum atomic E-state index is 11.0. The predicted molar refractivity (Wildman–Crippen MR) is 102 cm³/mol. The molecular formula is C13H32O6Si4. The van der Waals surface area contributed by atoms with Crippen molar-refractivity contribution in [3.8, 4) is 0 Å². The molecule has 0 aliphatic carbocycles. The van der Waals surface area contributed by atoms with Gasteiger partial charge in [0.25, 0.3) is 0 Å². The van der Waals surface area contributed by atoms with Gasteiger partial charge in [-0.25, -0.2) is 4.79 Å². The highest BCUT2D eigenvalue weighted by molar-refractivity contribution is 6.87. The molecular weight excluding hydrogens is 364 g/mol. The van der Waals surface area contributed by atoms with E-state index < -0.39 is 40.0 Å². The van der Waals surface area contributed by atoms with Crippen LogP contribution in [-0.2, 0) is 21.6 Å². The van der Waals surface area contributed by atoms with Crippen LogP contribution >= 0.6 is 0 Å². The van der Waals surface area contributed by atoms with Gasteiger partial charge in [0.1, 0.15) is 0 Å². The Labute approximate surface area is 144 Å². The Kier molecular flexibility index (Phi) is 7.68. The lowest BCUT2D eigenvalue weighted by atomic mass is 10.4. The first-order valence-corrected chi connectivity index (χ1v) is 19.5. The van der Waals surface area contributed by atoms with Crippen LogP contribution in [0.15, 0.2) is 11.8 Å². The summed E-state index contributed by atoms with van der Waals surface area (Å²) in [6.45, 7) is 19.8. The molecule has 0 aromatic heterocycles. The smallest absolute Gasteiger partial charge is 0.488 e. The lowest BCUT2D eigenvalue weighted by Crippen LogP contribution is -2.61.